The quantitative estimate of drug-likeness (QED) is 0.686. The molecule has 0 aromatic heterocycles. The summed E-state index contributed by atoms with van der Waals surface area (Å²) in [6.07, 6.45) is 8.52. The van der Waals surface area contributed by atoms with Gasteiger partial charge in [-0.25, -0.2) is 0 Å². The van der Waals surface area contributed by atoms with Gasteiger partial charge in [0.15, 0.2) is 0 Å². The van der Waals surface area contributed by atoms with Crippen molar-refractivity contribution in [1.29, 1.82) is 0 Å². The maximum atomic E-state index is 5.91. The highest BCUT2D eigenvalue weighted by atomic mass is 16.5. The van der Waals surface area contributed by atoms with E-state index in [0.717, 1.165) is 12.8 Å². The van der Waals surface area contributed by atoms with Gasteiger partial charge in [-0.1, -0.05) is 0 Å². The number of ether oxygens (including phenoxy) is 1. The molecule has 2 aliphatic heterocycles. The van der Waals surface area contributed by atoms with Crippen LogP contribution in [0.3, 0.4) is 0 Å². The molecule has 3 heteroatoms. The Bertz CT molecular complexity index is 215. The van der Waals surface area contributed by atoms with Gasteiger partial charge in [0.25, 0.3) is 0 Å². The fourth-order valence-electron chi connectivity index (χ4n) is 3.08. The fraction of sp³-hybridized carbons (Fsp3) is 1.00. The Morgan fingerprint density at radius 1 is 1.07 bits per heavy atom. The maximum absolute atomic E-state index is 5.91. The van der Waals surface area contributed by atoms with E-state index < -0.39 is 0 Å². The van der Waals surface area contributed by atoms with Gasteiger partial charge < -0.3 is 15.8 Å². The molecule has 0 aromatic carbocycles. The van der Waals surface area contributed by atoms with E-state index in [-0.39, 0.29) is 0 Å². The van der Waals surface area contributed by atoms with Gasteiger partial charge in [-0.3, -0.25) is 0 Å². The lowest BCUT2D eigenvalue weighted by Gasteiger charge is -2.39. The fourth-order valence-corrected chi connectivity index (χ4v) is 3.08. The van der Waals surface area contributed by atoms with Crippen LogP contribution in [0.5, 0.6) is 0 Å². The standard InChI is InChI=1S/C11H20N2O/c12-7-5-8(6-7)13-10-3-1-9-2-4-11(10)14-9/h7-11,13H,1-6,12H2. The molecular weight excluding hydrogens is 176 g/mol. The number of nitrogens with two attached hydrogens (primary N) is 1. The molecule has 3 aliphatic rings. The van der Waals surface area contributed by atoms with Crippen LogP contribution in [0, 0.1) is 0 Å². The monoisotopic (exact) mass is 196 g/mol. The zero-order valence-corrected chi connectivity index (χ0v) is 8.61. The largest absolute Gasteiger partial charge is 0.373 e. The number of hydrogen-bond donors (Lipinski definition) is 2. The van der Waals surface area contributed by atoms with Gasteiger partial charge in [0.2, 0.25) is 0 Å². The molecule has 1 saturated carbocycles. The third-order valence-electron chi connectivity index (χ3n) is 4.01. The lowest BCUT2D eigenvalue weighted by molar-refractivity contribution is -0.0221. The second-order valence-corrected chi connectivity index (χ2v) is 5.15. The summed E-state index contributed by atoms with van der Waals surface area (Å²) in [5, 5.41) is 3.71. The van der Waals surface area contributed by atoms with Crippen molar-refractivity contribution >= 4 is 0 Å². The van der Waals surface area contributed by atoms with Gasteiger partial charge in [0, 0.05) is 18.1 Å². The van der Waals surface area contributed by atoms with Crippen molar-refractivity contribution in [3.63, 3.8) is 0 Å². The lowest BCUT2D eigenvalue weighted by Crippen LogP contribution is -2.55. The first-order chi connectivity index (χ1) is 6.81. The number of hydrogen-bond acceptors (Lipinski definition) is 3. The lowest BCUT2D eigenvalue weighted by atomic mass is 9.86. The second kappa shape index (κ2) is 3.47. The van der Waals surface area contributed by atoms with Gasteiger partial charge in [0.05, 0.1) is 12.2 Å². The van der Waals surface area contributed by atoms with E-state index in [9.17, 15) is 0 Å². The first-order valence-corrected chi connectivity index (χ1v) is 5.98. The molecule has 3 atom stereocenters. The number of rotatable bonds is 2. The molecule has 0 radical (unpaired) electrons. The summed E-state index contributed by atoms with van der Waals surface area (Å²) < 4.78 is 5.91. The molecule has 2 bridgehead atoms. The normalized spacial score (nSPS) is 51.6. The molecule has 3 fully saturated rings. The van der Waals surface area contributed by atoms with E-state index in [1.807, 2.05) is 0 Å². The summed E-state index contributed by atoms with van der Waals surface area (Å²) in [4.78, 5) is 0. The van der Waals surface area contributed by atoms with Gasteiger partial charge in [-0.2, -0.15) is 0 Å². The zero-order valence-electron chi connectivity index (χ0n) is 8.61. The molecular formula is C11H20N2O. The molecule has 2 saturated heterocycles. The van der Waals surface area contributed by atoms with Crippen molar-refractivity contribution in [2.24, 2.45) is 5.73 Å². The average molecular weight is 196 g/mol. The van der Waals surface area contributed by atoms with Crippen LogP contribution in [0.4, 0.5) is 0 Å². The van der Waals surface area contributed by atoms with Crippen molar-refractivity contribution in [3.05, 3.63) is 0 Å². The van der Waals surface area contributed by atoms with Crippen LogP contribution in [0.15, 0.2) is 0 Å². The van der Waals surface area contributed by atoms with Gasteiger partial charge >= 0.3 is 0 Å². The highest BCUT2D eigenvalue weighted by Crippen LogP contribution is 2.33. The first-order valence-electron chi connectivity index (χ1n) is 5.98. The Balaban J connectivity index is 1.52. The van der Waals surface area contributed by atoms with Crippen molar-refractivity contribution in [2.45, 2.75) is 68.9 Å². The third kappa shape index (κ3) is 1.58. The van der Waals surface area contributed by atoms with Crippen LogP contribution in [0.1, 0.15) is 38.5 Å². The van der Waals surface area contributed by atoms with Crippen LogP contribution < -0.4 is 11.1 Å². The van der Waals surface area contributed by atoms with E-state index >= 15 is 0 Å². The predicted octanol–water partition coefficient (Wildman–Crippen LogP) is 0.776. The van der Waals surface area contributed by atoms with Crippen molar-refractivity contribution < 1.29 is 4.74 Å². The smallest absolute Gasteiger partial charge is 0.0732 e. The van der Waals surface area contributed by atoms with Crippen molar-refractivity contribution in [1.82, 2.24) is 5.32 Å². The summed E-state index contributed by atoms with van der Waals surface area (Å²) in [5.41, 5.74) is 5.78. The summed E-state index contributed by atoms with van der Waals surface area (Å²) in [5.74, 6) is 0. The molecule has 3 unspecified atom stereocenters. The van der Waals surface area contributed by atoms with Crippen molar-refractivity contribution in [2.75, 3.05) is 0 Å². The van der Waals surface area contributed by atoms with Crippen molar-refractivity contribution in [3.8, 4) is 0 Å². The van der Waals surface area contributed by atoms with E-state index in [2.05, 4.69) is 5.32 Å². The minimum absolute atomic E-state index is 0.452. The summed E-state index contributed by atoms with van der Waals surface area (Å²) in [6.45, 7) is 0. The Morgan fingerprint density at radius 2 is 1.86 bits per heavy atom. The molecule has 0 amide bonds. The second-order valence-electron chi connectivity index (χ2n) is 5.15. The van der Waals surface area contributed by atoms with E-state index in [1.54, 1.807) is 0 Å². The average Bonchev–Trinajstić information content (AvgIpc) is 2.51. The SMILES string of the molecule is NC1CC(NC2CCC3CCC2O3)C1. The molecule has 3 N–H and O–H groups in total. The topological polar surface area (TPSA) is 47.3 Å². The molecule has 14 heavy (non-hydrogen) atoms. The number of fused-ring (bicyclic) bond motifs is 2. The Hall–Kier alpha value is -0.120. The maximum Gasteiger partial charge on any atom is 0.0732 e. The molecule has 0 spiro atoms. The van der Waals surface area contributed by atoms with Crippen LogP contribution >= 0.6 is 0 Å². The Labute approximate surface area is 85.4 Å². The van der Waals surface area contributed by atoms with Gasteiger partial charge in [-0.15, -0.1) is 0 Å². The Kier molecular flexibility index (Phi) is 2.26. The molecule has 1 aliphatic carbocycles. The zero-order chi connectivity index (χ0) is 9.54. The van der Waals surface area contributed by atoms with E-state index in [4.69, 9.17) is 10.5 Å². The summed E-state index contributed by atoms with van der Waals surface area (Å²) in [7, 11) is 0. The van der Waals surface area contributed by atoms with Crippen LogP contribution in [0.25, 0.3) is 0 Å². The third-order valence-corrected chi connectivity index (χ3v) is 4.01. The Morgan fingerprint density at radius 3 is 2.64 bits per heavy atom. The van der Waals surface area contributed by atoms with Gasteiger partial charge in [0.1, 0.15) is 0 Å². The first kappa shape index (κ1) is 9.13. The van der Waals surface area contributed by atoms with E-state index in [0.29, 0.717) is 30.3 Å². The molecule has 3 rings (SSSR count). The van der Waals surface area contributed by atoms with Crippen LogP contribution in [0.2, 0.25) is 0 Å². The molecule has 3 nitrogen and oxygen atoms in total. The van der Waals surface area contributed by atoms with Gasteiger partial charge in [-0.05, 0) is 38.5 Å². The highest BCUT2D eigenvalue weighted by molar-refractivity contribution is 4.95. The minimum Gasteiger partial charge on any atom is -0.373 e. The van der Waals surface area contributed by atoms with E-state index in [1.165, 1.54) is 25.7 Å². The molecule has 0 aromatic rings. The predicted molar refractivity (Wildman–Crippen MR) is 55.1 cm³/mol. The minimum atomic E-state index is 0.452. The number of nitrogens with one attached hydrogen (secondary N) is 1. The highest BCUT2D eigenvalue weighted by Gasteiger charge is 2.38. The summed E-state index contributed by atoms with van der Waals surface area (Å²) in [6, 6.07) is 1.75. The van der Waals surface area contributed by atoms with Crippen LogP contribution in [-0.2, 0) is 4.74 Å². The summed E-state index contributed by atoms with van der Waals surface area (Å²) >= 11 is 0. The molecule has 2 heterocycles. The van der Waals surface area contributed by atoms with Crippen LogP contribution in [-0.4, -0.2) is 30.3 Å². The molecule has 80 valence electrons.